The number of pyridine rings is 1. The van der Waals surface area contributed by atoms with E-state index in [1.807, 2.05) is 23.6 Å². The van der Waals surface area contributed by atoms with Gasteiger partial charge >= 0.3 is 5.97 Å². The lowest BCUT2D eigenvalue weighted by molar-refractivity contribution is -0.142. The molecule has 0 aliphatic heterocycles. The first-order valence-corrected chi connectivity index (χ1v) is 6.89. The molecule has 2 aromatic heterocycles. The Morgan fingerprint density at radius 1 is 1.42 bits per heavy atom. The molecule has 2 aromatic rings. The highest BCUT2D eigenvalue weighted by Gasteiger charge is 2.08. The number of nitrogens with one attached hydrogen (secondary N) is 1. The number of carbonyl (C=O) groups excluding carboxylic acids is 1. The van der Waals surface area contributed by atoms with Crippen LogP contribution in [-0.4, -0.2) is 22.5 Å². The van der Waals surface area contributed by atoms with Crippen LogP contribution in [0, 0.1) is 0 Å². The van der Waals surface area contributed by atoms with Crippen LogP contribution in [0.15, 0.2) is 29.8 Å². The fourth-order valence-corrected chi connectivity index (χ4v) is 2.21. The summed E-state index contributed by atoms with van der Waals surface area (Å²) >= 11 is 1.47. The van der Waals surface area contributed by atoms with Gasteiger partial charge in [0, 0.05) is 11.6 Å². The maximum absolute atomic E-state index is 11.3. The van der Waals surface area contributed by atoms with E-state index in [0.29, 0.717) is 13.2 Å². The fraction of sp³-hybridized carbons (Fsp3) is 0.308. The monoisotopic (exact) mass is 277 g/mol. The summed E-state index contributed by atoms with van der Waals surface area (Å²) in [5.41, 5.74) is 1.68. The molecule has 6 heteroatoms. The second-order valence-corrected chi connectivity index (χ2v) is 4.66. The molecule has 0 radical (unpaired) electrons. The molecule has 5 nitrogen and oxygen atoms in total. The van der Waals surface area contributed by atoms with Gasteiger partial charge in [0.15, 0.2) is 5.13 Å². The average Bonchev–Trinajstić information content (AvgIpc) is 2.85. The SMILES string of the molecule is CCOC(=O)Cc1csc(NCc2ccccn2)n1. The van der Waals surface area contributed by atoms with Crippen molar-refractivity contribution in [3.8, 4) is 0 Å². The van der Waals surface area contributed by atoms with Gasteiger partial charge in [-0.3, -0.25) is 9.78 Å². The van der Waals surface area contributed by atoms with Crippen molar-refractivity contribution in [3.05, 3.63) is 41.2 Å². The molecular formula is C13H15N3O2S. The molecule has 0 aromatic carbocycles. The van der Waals surface area contributed by atoms with Gasteiger partial charge in [0.25, 0.3) is 0 Å². The first-order chi connectivity index (χ1) is 9.28. The van der Waals surface area contributed by atoms with Crippen LogP contribution in [0.2, 0.25) is 0 Å². The minimum absolute atomic E-state index is 0.218. The Labute approximate surface area is 115 Å². The van der Waals surface area contributed by atoms with Crippen LogP contribution < -0.4 is 5.32 Å². The topological polar surface area (TPSA) is 64.1 Å². The van der Waals surface area contributed by atoms with Gasteiger partial charge in [-0.25, -0.2) is 4.98 Å². The fourth-order valence-electron chi connectivity index (χ4n) is 1.50. The predicted molar refractivity (Wildman–Crippen MR) is 74.0 cm³/mol. The molecule has 0 spiro atoms. The molecule has 0 atom stereocenters. The minimum atomic E-state index is -0.246. The van der Waals surface area contributed by atoms with Gasteiger partial charge in [-0.15, -0.1) is 11.3 Å². The molecule has 0 fully saturated rings. The van der Waals surface area contributed by atoms with E-state index in [4.69, 9.17) is 4.74 Å². The summed E-state index contributed by atoms with van der Waals surface area (Å²) < 4.78 is 4.88. The number of carbonyl (C=O) groups is 1. The number of hydrogen-bond acceptors (Lipinski definition) is 6. The van der Waals surface area contributed by atoms with Gasteiger partial charge in [-0.1, -0.05) is 6.07 Å². The average molecular weight is 277 g/mol. The van der Waals surface area contributed by atoms with Gasteiger partial charge in [-0.05, 0) is 19.1 Å². The van der Waals surface area contributed by atoms with Crippen LogP contribution in [0.3, 0.4) is 0 Å². The van der Waals surface area contributed by atoms with Crippen LogP contribution in [0.5, 0.6) is 0 Å². The van der Waals surface area contributed by atoms with Crippen LogP contribution in [0.1, 0.15) is 18.3 Å². The van der Waals surface area contributed by atoms with Gasteiger partial charge in [0.2, 0.25) is 0 Å². The zero-order valence-corrected chi connectivity index (χ0v) is 11.4. The van der Waals surface area contributed by atoms with E-state index in [2.05, 4.69) is 15.3 Å². The number of hydrogen-bond donors (Lipinski definition) is 1. The third-order valence-electron chi connectivity index (χ3n) is 2.33. The van der Waals surface area contributed by atoms with Crippen LogP contribution in [-0.2, 0) is 22.5 Å². The van der Waals surface area contributed by atoms with E-state index in [9.17, 15) is 4.79 Å². The highest BCUT2D eigenvalue weighted by atomic mass is 32.1. The third kappa shape index (κ3) is 4.33. The first-order valence-electron chi connectivity index (χ1n) is 6.01. The summed E-state index contributed by atoms with van der Waals surface area (Å²) in [7, 11) is 0. The molecule has 0 amide bonds. The molecule has 0 saturated carbocycles. The Bertz CT molecular complexity index is 528. The quantitative estimate of drug-likeness (QED) is 0.820. The Morgan fingerprint density at radius 2 is 2.32 bits per heavy atom. The Morgan fingerprint density at radius 3 is 3.05 bits per heavy atom. The molecule has 0 aliphatic carbocycles. The van der Waals surface area contributed by atoms with E-state index in [1.165, 1.54) is 11.3 Å². The molecule has 0 bridgehead atoms. The second kappa shape index (κ2) is 6.84. The van der Waals surface area contributed by atoms with E-state index in [0.717, 1.165) is 16.5 Å². The van der Waals surface area contributed by atoms with Crippen LogP contribution >= 0.6 is 11.3 Å². The maximum atomic E-state index is 11.3. The number of nitrogens with zero attached hydrogens (tertiary/aromatic N) is 2. The van der Waals surface area contributed by atoms with E-state index >= 15 is 0 Å². The normalized spacial score (nSPS) is 10.2. The molecule has 0 aliphatic rings. The summed E-state index contributed by atoms with van der Waals surface area (Å²) in [6.45, 7) is 2.81. The summed E-state index contributed by atoms with van der Waals surface area (Å²) in [6, 6.07) is 5.77. The predicted octanol–water partition coefficient (Wildman–Crippen LogP) is 2.26. The molecule has 2 heterocycles. The zero-order valence-electron chi connectivity index (χ0n) is 10.6. The van der Waals surface area contributed by atoms with Crippen molar-refractivity contribution in [1.82, 2.24) is 9.97 Å². The van der Waals surface area contributed by atoms with Crippen molar-refractivity contribution in [1.29, 1.82) is 0 Å². The van der Waals surface area contributed by atoms with E-state index < -0.39 is 0 Å². The lowest BCUT2D eigenvalue weighted by Crippen LogP contribution is -2.08. The van der Waals surface area contributed by atoms with Gasteiger partial charge in [0.05, 0.1) is 31.0 Å². The standard InChI is InChI=1S/C13H15N3O2S/c1-2-18-12(17)7-11-9-19-13(16-11)15-8-10-5-3-4-6-14-10/h3-6,9H,2,7-8H2,1H3,(H,15,16). The highest BCUT2D eigenvalue weighted by molar-refractivity contribution is 7.13. The number of aromatic nitrogens is 2. The molecule has 100 valence electrons. The smallest absolute Gasteiger partial charge is 0.311 e. The highest BCUT2D eigenvalue weighted by Crippen LogP contribution is 2.16. The molecule has 1 N–H and O–H groups in total. The Kier molecular flexibility index (Phi) is 4.85. The number of thiazole rings is 1. The number of ether oxygens (including phenoxy) is 1. The van der Waals surface area contributed by atoms with Crippen molar-refractivity contribution >= 4 is 22.4 Å². The van der Waals surface area contributed by atoms with Crippen molar-refractivity contribution in [2.75, 3.05) is 11.9 Å². The van der Waals surface area contributed by atoms with Gasteiger partial charge in [0.1, 0.15) is 0 Å². The van der Waals surface area contributed by atoms with Crippen LogP contribution in [0.25, 0.3) is 0 Å². The summed E-state index contributed by atoms with van der Waals surface area (Å²) in [5.74, 6) is -0.246. The van der Waals surface area contributed by atoms with Crippen molar-refractivity contribution in [3.63, 3.8) is 0 Å². The summed E-state index contributed by atoms with van der Waals surface area (Å²) in [5, 5.41) is 5.82. The molecule has 0 saturated heterocycles. The van der Waals surface area contributed by atoms with Crippen molar-refractivity contribution < 1.29 is 9.53 Å². The molecule has 19 heavy (non-hydrogen) atoms. The third-order valence-corrected chi connectivity index (χ3v) is 3.18. The number of anilines is 1. The minimum Gasteiger partial charge on any atom is -0.466 e. The lowest BCUT2D eigenvalue weighted by Gasteiger charge is -2.01. The molecule has 0 unspecified atom stereocenters. The van der Waals surface area contributed by atoms with Gasteiger partial charge in [-0.2, -0.15) is 0 Å². The Balaban J connectivity index is 1.85. The summed E-state index contributed by atoms with van der Waals surface area (Å²) in [6.07, 6.45) is 1.97. The van der Waals surface area contributed by atoms with E-state index in [1.54, 1.807) is 13.1 Å². The molecule has 2 rings (SSSR count). The maximum Gasteiger partial charge on any atom is 0.311 e. The zero-order chi connectivity index (χ0) is 13.5. The second-order valence-electron chi connectivity index (χ2n) is 3.80. The number of rotatable bonds is 6. The first kappa shape index (κ1) is 13.5. The Hall–Kier alpha value is -1.95. The summed E-state index contributed by atoms with van der Waals surface area (Å²) in [4.78, 5) is 19.9. The van der Waals surface area contributed by atoms with Crippen molar-refractivity contribution in [2.24, 2.45) is 0 Å². The van der Waals surface area contributed by atoms with Gasteiger partial charge < -0.3 is 10.1 Å². The molecular weight excluding hydrogens is 262 g/mol. The van der Waals surface area contributed by atoms with Crippen LogP contribution in [0.4, 0.5) is 5.13 Å². The largest absolute Gasteiger partial charge is 0.466 e. The lowest BCUT2D eigenvalue weighted by atomic mass is 10.3. The number of esters is 1. The van der Waals surface area contributed by atoms with Crippen molar-refractivity contribution in [2.45, 2.75) is 19.9 Å². The van der Waals surface area contributed by atoms with E-state index in [-0.39, 0.29) is 12.4 Å².